The first-order valence-electron chi connectivity index (χ1n) is 8.35. The first-order valence-corrected chi connectivity index (χ1v) is 8.35. The molecule has 0 fully saturated rings. The van der Waals surface area contributed by atoms with E-state index in [0.717, 1.165) is 6.54 Å². The van der Waals surface area contributed by atoms with Crippen molar-refractivity contribution in [2.75, 3.05) is 60.3 Å². The summed E-state index contributed by atoms with van der Waals surface area (Å²) in [5.41, 5.74) is 0. The second kappa shape index (κ2) is 12.6. The Hall–Kier alpha value is -1.82. The molecular formula is C17H22F5NO5. The van der Waals surface area contributed by atoms with Gasteiger partial charge < -0.3 is 23.8 Å². The van der Waals surface area contributed by atoms with E-state index in [1.54, 1.807) is 0 Å². The largest absolute Gasteiger partial charge is 0.420 e. The van der Waals surface area contributed by atoms with Gasteiger partial charge in [-0.1, -0.05) is 0 Å². The van der Waals surface area contributed by atoms with E-state index in [0.29, 0.717) is 19.8 Å². The van der Waals surface area contributed by atoms with Gasteiger partial charge in [-0.25, -0.2) is 13.2 Å². The molecule has 11 heteroatoms. The van der Waals surface area contributed by atoms with Gasteiger partial charge in [0, 0.05) is 6.54 Å². The Morgan fingerprint density at radius 3 is 1.64 bits per heavy atom. The summed E-state index contributed by atoms with van der Waals surface area (Å²) in [4.78, 5) is 13.5. The molecule has 0 aliphatic heterocycles. The summed E-state index contributed by atoms with van der Waals surface area (Å²) < 4.78 is 85.5. The number of benzene rings is 1. The van der Waals surface area contributed by atoms with E-state index in [9.17, 15) is 26.7 Å². The molecular weight excluding hydrogens is 393 g/mol. The molecule has 0 aliphatic carbocycles. The quantitative estimate of drug-likeness (QED) is 0.123. The van der Waals surface area contributed by atoms with Crippen molar-refractivity contribution in [3.05, 3.63) is 29.1 Å². The average molecular weight is 415 g/mol. The number of likely N-dealkylation sites (N-methyl/N-ethyl adjacent to an activating group) is 1. The van der Waals surface area contributed by atoms with Crippen molar-refractivity contribution in [3.8, 4) is 5.75 Å². The van der Waals surface area contributed by atoms with E-state index in [1.807, 2.05) is 19.0 Å². The summed E-state index contributed by atoms with van der Waals surface area (Å²) in [5.74, 6) is -14.0. The summed E-state index contributed by atoms with van der Waals surface area (Å²) >= 11 is 0. The number of carbonyl (C=O) groups is 1. The molecule has 1 rings (SSSR count). The van der Waals surface area contributed by atoms with Crippen molar-refractivity contribution >= 4 is 5.97 Å². The van der Waals surface area contributed by atoms with Crippen molar-refractivity contribution in [2.45, 2.75) is 6.42 Å². The zero-order chi connectivity index (χ0) is 21.1. The number of rotatable bonds is 13. The number of esters is 1. The average Bonchev–Trinajstić information content (AvgIpc) is 2.66. The van der Waals surface area contributed by atoms with Gasteiger partial charge in [0.25, 0.3) is 0 Å². The minimum absolute atomic E-state index is 0.132. The van der Waals surface area contributed by atoms with Crippen molar-refractivity contribution < 1.29 is 45.7 Å². The van der Waals surface area contributed by atoms with Crippen LogP contribution < -0.4 is 4.74 Å². The van der Waals surface area contributed by atoms with Gasteiger partial charge in [0.2, 0.25) is 34.8 Å². The van der Waals surface area contributed by atoms with Crippen LogP contribution in [0, 0.1) is 29.1 Å². The molecule has 0 saturated carbocycles. The second-order valence-corrected chi connectivity index (χ2v) is 5.76. The number of halogens is 5. The second-order valence-electron chi connectivity index (χ2n) is 5.76. The monoisotopic (exact) mass is 415 g/mol. The van der Waals surface area contributed by atoms with Gasteiger partial charge >= 0.3 is 5.97 Å². The maximum atomic E-state index is 13.4. The SMILES string of the molecule is CN(C)CCOCCOCCOCCC(=O)Oc1c(F)c(F)c(F)c(F)c1F. The molecule has 0 aromatic heterocycles. The number of nitrogens with zero attached hydrogens (tertiary/aromatic N) is 1. The van der Waals surface area contributed by atoms with Crippen LogP contribution in [0.25, 0.3) is 0 Å². The summed E-state index contributed by atoms with van der Waals surface area (Å²) in [5, 5.41) is 0. The summed E-state index contributed by atoms with van der Waals surface area (Å²) in [6.45, 7) is 2.33. The predicted molar refractivity (Wildman–Crippen MR) is 87.5 cm³/mol. The van der Waals surface area contributed by atoms with Crippen LogP contribution in [0.15, 0.2) is 0 Å². The Bertz CT molecular complexity index is 616. The molecule has 0 amide bonds. The third-order valence-electron chi connectivity index (χ3n) is 3.26. The lowest BCUT2D eigenvalue weighted by atomic mass is 10.2. The summed E-state index contributed by atoms with van der Waals surface area (Å²) in [6.07, 6.45) is -0.451. The molecule has 160 valence electrons. The zero-order valence-electron chi connectivity index (χ0n) is 15.5. The smallest absolute Gasteiger partial charge is 0.313 e. The predicted octanol–water partition coefficient (Wildman–Crippen LogP) is 2.29. The number of carbonyl (C=O) groups excluding carboxylic acids is 1. The fourth-order valence-corrected chi connectivity index (χ4v) is 1.78. The topological polar surface area (TPSA) is 57.2 Å². The molecule has 0 spiro atoms. The van der Waals surface area contributed by atoms with E-state index in [1.165, 1.54) is 0 Å². The van der Waals surface area contributed by atoms with Crippen LogP contribution in [-0.2, 0) is 19.0 Å². The van der Waals surface area contributed by atoms with Gasteiger partial charge in [-0.15, -0.1) is 0 Å². The van der Waals surface area contributed by atoms with Gasteiger partial charge in [-0.3, -0.25) is 4.79 Å². The molecule has 28 heavy (non-hydrogen) atoms. The number of hydrogen-bond acceptors (Lipinski definition) is 6. The third kappa shape index (κ3) is 8.05. The van der Waals surface area contributed by atoms with Crippen molar-refractivity contribution in [2.24, 2.45) is 0 Å². The number of hydrogen-bond donors (Lipinski definition) is 0. The van der Waals surface area contributed by atoms with Crippen LogP contribution in [0.3, 0.4) is 0 Å². The van der Waals surface area contributed by atoms with E-state index < -0.39 is 47.2 Å². The highest BCUT2D eigenvalue weighted by molar-refractivity contribution is 5.72. The Morgan fingerprint density at radius 2 is 1.14 bits per heavy atom. The number of ether oxygens (including phenoxy) is 4. The normalized spacial score (nSPS) is 11.3. The Labute approximate surface area is 159 Å². The molecule has 0 bridgehead atoms. The van der Waals surface area contributed by atoms with Crippen molar-refractivity contribution in [1.29, 1.82) is 0 Å². The molecule has 0 aliphatic rings. The standard InChI is InChI=1S/C17H22F5NO5/c1-23(2)4-6-26-8-10-27-9-7-25-5-3-11(24)28-17-15(21)13(19)12(18)14(20)16(17)22/h3-10H2,1-2H3. The summed E-state index contributed by atoms with van der Waals surface area (Å²) in [7, 11) is 3.85. The first kappa shape index (κ1) is 24.2. The van der Waals surface area contributed by atoms with Crippen LogP contribution >= 0.6 is 0 Å². The van der Waals surface area contributed by atoms with Gasteiger partial charge in [-0.05, 0) is 14.1 Å². The molecule has 0 N–H and O–H groups in total. The zero-order valence-corrected chi connectivity index (χ0v) is 15.5. The van der Waals surface area contributed by atoms with E-state index in [-0.39, 0.29) is 19.8 Å². The molecule has 0 heterocycles. The maximum absolute atomic E-state index is 13.4. The van der Waals surface area contributed by atoms with Crippen LogP contribution in [0.4, 0.5) is 22.0 Å². The molecule has 6 nitrogen and oxygen atoms in total. The minimum atomic E-state index is -2.33. The van der Waals surface area contributed by atoms with E-state index >= 15 is 0 Å². The highest BCUT2D eigenvalue weighted by atomic mass is 19.2. The van der Waals surface area contributed by atoms with Gasteiger partial charge in [0.05, 0.1) is 46.1 Å². The lowest BCUT2D eigenvalue weighted by Crippen LogP contribution is -2.19. The molecule has 1 aromatic rings. The van der Waals surface area contributed by atoms with Crippen LogP contribution in [0.5, 0.6) is 5.75 Å². The Morgan fingerprint density at radius 1 is 0.714 bits per heavy atom. The van der Waals surface area contributed by atoms with Gasteiger partial charge in [0.15, 0.2) is 0 Å². The van der Waals surface area contributed by atoms with Crippen molar-refractivity contribution in [1.82, 2.24) is 4.90 Å². The molecule has 0 radical (unpaired) electrons. The first-order chi connectivity index (χ1) is 13.3. The minimum Gasteiger partial charge on any atom is -0.420 e. The molecule has 0 unspecified atom stereocenters. The fourth-order valence-electron chi connectivity index (χ4n) is 1.78. The van der Waals surface area contributed by atoms with Crippen LogP contribution in [0.2, 0.25) is 0 Å². The molecule has 0 atom stereocenters. The lowest BCUT2D eigenvalue weighted by Gasteiger charge is -2.10. The molecule has 0 saturated heterocycles. The Kier molecular flexibility index (Phi) is 10.9. The lowest BCUT2D eigenvalue weighted by molar-refractivity contribution is -0.136. The van der Waals surface area contributed by atoms with E-state index in [4.69, 9.17) is 14.2 Å². The van der Waals surface area contributed by atoms with Crippen LogP contribution in [0.1, 0.15) is 6.42 Å². The third-order valence-corrected chi connectivity index (χ3v) is 3.26. The molecule has 1 aromatic carbocycles. The highest BCUT2D eigenvalue weighted by Crippen LogP contribution is 2.29. The van der Waals surface area contributed by atoms with Crippen LogP contribution in [-0.4, -0.2) is 71.2 Å². The van der Waals surface area contributed by atoms with Gasteiger partial charge in [0.1, 0.15) is 0 Å². The maximum Gasteiger partial charge on any atom is 0.313 e. The van der Waals surface area contributed by atoms with Crippen molar-refractivity contribution in [3.63, 3.8) is 0 Å². The Balaban J connectivity index is 2.19. The van der Waals surface area contributed by atoms with E-state index in [2.05, 4.69) is 4.74 Å². The summed E-state index contributed by atoms with van der Waals surface area (Å²) in [6, 6.07) is 0. The fraction of sp³-hybridized carbons (Fsp3) is 0.588. The highest BCUT2D eigenvalue weighted by Gasteiger charge is 2.28. The van der Waals surface area contributed by atoms with Gasteiger partial charge in [-0.2, -0.15) is 8.78 Å².